The first-order chi connectivity index (χ1) is 14.8. The number of piperidine rings is 1. The smallest absolute Gasteiger partial charge is 0.257 e. The molecule has 2 aromatic heterocycles. The van der Waals surface area contributed by atoms with Crippen LogP contribution < -0.4 is 4.90 Å². The predicted octanol–water partition coefficient (Wildman–Crippen LogP) is 3.92. The lowest BCUT2D eigenvalue weighted by atomic mass is 9.89. The van der Waals surface area contributed by atoms with Crippen molar-refractivity contribution >= 4 is 23.5 Å². The van der Waals surface area contributed by atoms with E-state index in [1.54, 1.807) is 10.9 Å². The summed E-state index contributed by atoms with van der Waals surface area (Å²) in [5.74, 6) is 0.805. The minimum absolute atomic E-state index is 0.0292. The number of aromatic nitrogens is 4. The molecule has 31 heavy (non-hydrogen) atoms. The lowest BCUT2D eigenvalue weighted by Gasteiger charge is -2.33. The fourth-order valence-electron chi connectivity index (χ4n) is 4.05. The summed E-state index contributed by atoms with van der Waals surface area (Å²) in [6.45, 7) is 3.28. The van der Waals surface area contributed by atoms with Gasteiger partial charge >= 0.3 is 0 Å². The Kier molecular flexibility index (Phi) is 5.96. The third-order valence-corrected chi connectivity index (χ3v) is 6.14. The molecule has 162 valence electrons. The van der Waals surface area contributed by atoms with Crippen molar-refractivity contribution in [3.63, 3.8) is 0 Å². The Morgan fingerprint density at radius 3 is 2.74 bits per heavy atom. The van der Waals surface area contributed by atoms with Crippen molar-refractivity contribution in [1.82, 2.24) is 24.6 Å². The Hall–Kier alpha value is -2.93. The fraction of sp³-hybridized carbons (Fsp3) is 0.391. The molecule has 0 spiro atoms. The Labute approximate surface area is 187 Å². The van der Waals surface area contributed by atoms with Crippen LogP contribution in [-0.4, -0.2) is 57.7 Å². The second kappa shape index (κ2) is 8.67. The number of halogens is 1. The molecule has 0 radical (unpaired) electrons. The number of hydrogen-bond acceptors (Lipinski definition) is 5. The first-order valence-electron chi connectivity index (χ1n) is 10.4. The molecule has 1 amide bonds. The zero-order chi connectivity index (χ0) is 22.1. The van der Waals surface area contributed by atoms with Crippen LogP contribution in [0.5, 0.6) is 0 Å². The maximum Gasteiger partial charge on any atom is 0.257 e. The highest BCUT2D eigenvalue weighted by Gasteiger charge is 2.30. The van der Waals surface area contributed by atoms with Crippen molar-refractivity contribution in [2.24, 2.45) is 7.05 Å². The van der Waals surface area contributed by atoms with Gasteiger partial charge in [-0.1, -0.05) is 23.7 Å². The Bertz CT molecular complexity index is 1110. The van der Waals surface area contributed by atoms with E-state index < -0.39 is 0 Å². The molecule has 4 rings (SSSR count). The minimum atomic E-state index is 0.0292. The van der Waals surface area contributed by atoms with Crippen LogP contribution in [0.1, 0.15) is 40.5 Å². The highest BCUT2D eigenvalue weighted by Crippen LogP contribution is 2.35. The highest BCUT2D eigenvalue weighted by atomic mass is 35.5. The number of anilines is 1. The maximum atomic E-state index is 13.2. The van der Waals surface area contributed by atoms with E-state index in [0.29, 0.717) is 23.1 Å². The molecule has 1 unspecified atom stereocenters. The molecule has 1 aliphatic heterocycles. The van der Waals surface area contributed by atoms with Crippen molar-refractivity contribution < 1.29 is 4.79 Å². The third-order valence-electron chi connectivity index (χ3n) is 5.90. The molecule has 1 fully saturated rings. The van der Waals surface area contributed by atoms with Gasteiger partial charge < -0.3 is 9.80 Å². The number of hydrogen-bond donors (Lipinski definition) is 0. The zero-order valence-corrected chi connectivity index (χ0v) is 19.1. The van der Waals surface area contributed by atoms with Crippen LogP contribution in [-0.2, 0) is 7.05 Å². The number of aryl methyl sites for hydroxylation is 1. The second-order valence-electron chi connectivity index (χ2n) is 8.23. The van der Waals surface area contributed by atoms with Gasteiger partial charge in [-0.25, -0.2) is 9.97 Å². The summed E-state index contributed by atoms with van der Waals surface area (Å²) >= 11 is 6.25. The van der Waals surface area contributed by atoms with Crippen molar-refractivity contribution in [2.45, 2.75) is 25.7 Å². The van der Waals surface area contributed by atoms with Crippen LogP contribution in [0.4, 0.5) is 5.95 Å². The van der Waals surface area contributed by atoms with Gasteiger partial charge in [0.05, 0.1) is 17.5 Å². The van der Waals surface area contributed by atoms with Crippen LogP contribution in [0.2, 0.25) is 5.02 Å². The van der Waals surface area contributed by atoms with Gasteiger partial charge in [-0.05, 0) is 37.5 Å². The zero-order valence-electron chi connectivity index (χ0n) is 18.3. The third kappa shape index (κ3) is 4.28. The lowest BCUT2D eigenvalue weighted by molar-refractivity contribution is 0.0705. The molecule has 0 bridgehead atoms. The predicted molar refractivity (Wildman–Crippen MR) is 123 cm³/mol. The number of rotatable bonds is 4. The lowest BCUT2D eigenvalue weighted by Crippen LogP contribution is -2.39. The molecule has 0 aliphatic carbocycles. The summed E-state index contributed by atoms with van der Waals surface area (Å²) in [6, 6.07) is 7.75. The van der Waals surface area contributed by atoms with Crippen molar-refractivity contribution in [3.05, 3.63) is 58.6 Å². The SMILES string of the molecule is Cc1c(C(=O)N2CCCC(c3nc(N(C)C)ncc3-c3cccc(Cl)c3)C2)cnn1C. The van der Waals surface area contributed by atoms with Gasteiger partial charge in [-0.2, -0.15) is 5.10 Å². The van der Waals surface area contributed by atoms with Crippen molar-refractivity contribution in [1.29, 1.82) is 0 Å². The normalized spacial score (nSPS) is 16.4. The van der Waals surface area contributed by atoms with E-state index in [1.807, 2.05) is 68.3 Å². The fourth-order valence-corrected chi connectivity index (χ4v) is 4.24. The molecule has 1 aliphatic rings. The summed E-state index contributed by atoms with van der Waals surface area (Å²) in [6.07, 6.45) is 5.42. The topological polar surface area (TPSA) is 67.2 Å². The average molecular weight is 439 g/mol. The summed E-state index contributed by atoms with van der Waals surface area (Å²) in [7, 11) is 5.71. The van der Waals surface area contributed by atoms with E-state index >= 15 is 0 Å². The Morgan fingerprint density at radius 1 is 1.26 bits per heavy atom. The van der Waals surface area contributed by atoms with Crippen LogP contribution in [0, 0.1) is 6.92 Å². The second-order valence-corrected chi connectivity index (χ2v) is 8.67. The van der Waals surface area contributed by atoms with Gasteiger partial charge in [-0.3, -0.25) is 9.48 Å². The van der Waals surface area contributed by atoms with Crippen LogP contribution in [0.25, 0.3) is 11.1 Å². The monoisotopic (exact) mass is 438 g/mol. The molecule has 1 atom stereocenters. The average Bonchev–Trinajstić information content (AvgIpc) is 3.11. The summed E-state index contributed by atoms with van der Waals surface area (Å²) < 4.78 is 1.74. The van der Waals surface area contributed by atoms with Crippen molar-refractivity contribution in [2.75, 3.05) is 32.1 Å². The number of carbonyl (C=O) groups excluding carboxylic acids is 1. The molecule has 8 heteroatoms. The summed E-state index contributed by atoms with van der Waals surface area (Å²) in [5, 5.41) is 4.91. The molecule has 3 heterocycles. The van der Waals surface area contributed by atoms with E-state index in [9.17, 15) is 4.79 Å². The van der Waals surface area contributed by atoms with Gasteiger partial charge in [0, 0.05) is 62.6 Å². The van der Waals surface area contributed by atoms with Crippen LogP contribution >= 0.6 is 11.6 Å². The minimum Gasteiger partial charge on any atom is -0.347 e. The van der Waals surface area contributed by atoms with E-state index in [4.69, 9.17) is 16.6 Å². The van der Waals surface area contributed by atoms with E-state index in [0.717, 1.165) is 41.9 Å². The Morgan fingerprint density at radius 2 is 2.06 bits per heavy atom. The summed E-state index contributed by atoms with van der Waals surface area (Å²) in [5.41, 5.74) is 4.45. The maximum absolute atomic E-state index is 13.2. The van der Waals surface area contributed by atoms with E-state index in [-0.39, 0.29) is 11.8 Å². The van der Waals surface area contributed by atoms with Crippen LogP contribution in [0.15, 0.2) is 36.7 Å². The van der Waals surface area contributed by atoms with E-state index in [1.165, 1.54) is 0 Å². The first-order valence-corrected chi connectivity index (χ1v) is 10.8. The summed E-state index contributed by atoms with van der Waals surface area (Å²) in [4.78, 5) is 26.5. The quantitative estimate of drug-likeness (QED) is 0.617. The first kappa shape index (κ1) is 21.3. The number of likely N-dealkylation sites (tertiary alicyclic amines) is 1. The highest BCUT2D eigenvalue weighted by molar-refractivity contribution is 6.30. The molecule has 7 nitrogen and oxygen atoms in total. The number of carbonyl (C=O) groups is 1. The standard InChI is InChI=1S/C23H27ClN6O/c1-15-19(13-26-29(15)4)22(31)30-10-6-8-17(14-30)21-20(12-25-23(27-21)28(2)3)16-7-5-9-18(24)11-16/h5,7,9,11-13,17H,6,8,10,14H2,1-4H3. The molecular weight excluding hydrogens is 412 g/mol. The van der Waals surface area contributed by atoms with Gasteiger partial charge in [0.1, 0.15) is 0 Å². The number of amides is 1. The van der Waals surface area contributed by atoms with Gasteiger partial charge in [0.15, 0.2) is 0 Å². The molecule has 1 aromatic carbocycles. The largest absolute Gasteiger partial charge is 0.347 e. The van der Waals surface area contributed by atoms with E-state index in [2.05, 4.69) is 10.1 Å². The van der Waals surface area contributed by atoms with Gasteiger partial charge in [0.2, 0.25) is 5.95 Å². The van der Waals surface area contributed by atoms with Gasteiger partial charge in [-0.15, -0.1) is 0 Å². The number of benzene rings is 1. The number of nitrogens with zero attached hydrogens (tertiary/aromatic N) is 6. The molecule has 1 saturated heterocycles. The molecule has 0 saturated carbocycles. The molecular formula is C23H27ClN6O. The molecule has 0 N–H and O–H groups in total. The van der Waals surface area contributed by atoms with Crippen LogP contribution in [0.3, 0.4) is 0 Å². The van der Waals surface area contributed by atoms with Gasteiger partial charge in [0.25, 0.3) is 5.91 Å². The van der Waals surface area contributed by atoms with Crippen molar-refractivity contribution in [3.8, 4) is 11.1 Å². The Balaban J connectivity index is 1.69. The molecule has 3 aromatic rings.